The van der Waals surface area contributed by atoms with Crippen LogP contribution in [0.15, 0.2) is 24.4 Å². The minimum absolute atomic E-state index is 0.00762. The number of halogens is 2. The monoisotopic (exact) mass is 477 g/mol. The lowest BCUT2D eigenvalue weighted by atomic mass is 10.1. The third-order valence-corrected chi connectivity index (χ3v) is 6.60. The second-order valence-corrected chi connectivity index (χ2v) is 8.82. The molecule has 33 heavy (non-hydrogen) atoms. The highest BCUT2D eigenvalue weighted by atomic mass is 32.1. The molecule has 0 radical (unpaired) electrons. The molecule has 1 saturated heterocycles. The number of aryl methyl sites for hydroxylation is 1. The van der Waals surface area contributed by atoms with E-state index in [0.29, 0.717) is 31.0 Å². The van der Waals surface area contributed by atoms with E-state index in [1.807, 2.05) is 0 Å². The van der Waals surface area contributed by atoms with Crippen molar-refractivity contribution in [2.45, 2.75) is 25.0 Å². The van der Waals surface area contributed by atoms with Crippen LogP contribution in [-0.4, -0.2) is 53.0 Å². The van der Waals surface area contributed by atoms with Crippen LogP contribution in [0.5, 0.6) is 0 Å². The minimum atomic E-state index is -0.779. The molecule has 0 unspecified atom stereocenters. The number of rotatable bonds is 5. The topological polar surface area (TPSA) is 124 Å². The van der Waals surface area contributed by atoms with Crippen LogP contribution in [0, 0.1) is 11.6 Å². The van der Waals surface area contributed by atoms with Gasteiger partial charge in [0.2, 0.25) is 0 Å². The molecular formula is C21H25F2N7O2S. The molecule has 5 N–H and O–H groups in total. The van der Waals surface area contributed by atoms with Crippen LogP contribution in [0.1, 0.15) is 23.3 Å². The Kier molecular flexibility index (Phi) is 6.58. The molecule has 1 fully saturated rings. The summed E-state index contributed by atoms with van der Waals surface area (Å²) in [6, 6.07) is 3.42. The van der Waals surface area contributed by atoms with Crippen molar-refractivity contribution >= 4 is 33.8 Å². The Hall–Kier alpha value is -3.09. The number of hydrogen-bond acceptors (Lipinski definition) is 8. The van der Waals surface area contributed by atoms with Gasteiger partial charge in [-0.3, -0.25) is 9.48 Å². The van der Waals surface area contributed by atoms with E-state index in [0.717, 1.165) is 29.9 Å². The molecule has 12 heteroatoms. The summed E-state index contributed by atoms with van der Waals surface area (Å²) in [5.74, 6) is -1.44. The Bertz CT molecular complexity index is 1150. The van der Waals surface area contributed by atoms with E-state index in [-0.39, 0.29) is 33.4 Å². The first kappa shape index (κ1) is 23.1. The van der Waals surface area contributed by atoms with Gasteiger partial charge in [-0.15, -0.1) is 0 Å². The highest BCUT2D eigenvalue weighted by Crippen LogP contribution is 2.34. The fraction of sp³-hybridized carbons (Fsp3) is 0.381. The van der Waals surface area contributed by atoms with Crippen molar-refractivity contribution in [1.29, 1.82) is 0 Å². The standard InChI is InChI=1S/C21H25F2N7O2S/c1-29-21(30-8-6-13(24)15(32-2)7-9-30)14(10-26-29)27-19(31)17-18(25)33-20(28-17)16-11(22)4-3-5-12(16)23/h3-5,10,13,15H,6-9,24-25H2,1-2H3,(H,27,31)/t13-,15-/m1/s1. The van der Waals surface area contributed by atoms with E-state index in [1.165, 1.54) is 12.3 Å². The zero-order valence-electron chi connectivity index (χ0n) is 18.2. The van der Waals surface area contributed by atoms with Gasteiger partial charge >= 0.3 is 0 Å². The van der Waals surface area contributed by atoms with Crippen LogP contribution in [0.25, 0.3) is 10.6 Å². The molecule has 0 spiro atoms. The summed E-state index contributed by atoms with van der Waals surface area (Å²) in [4.78, 5) is 19.2. The lowest BCUT2D eigenvalue weighted by Crippen LogP contribution is -2.35. The van der Waals surface area contributed by atoms with Crippen LogP contribution in [0.3, 0.4) is 0 Å². The number of carbonyl (C=O) groups excluding carboxylic acids is 1. The van der Waals surface area contributed by atoms with E-state index < -0.39 is 17.5 Å². The Balaban J connectivity index is 1.58. The number of benzene rings is 1. The maximum Gasteiger partial charge on any atom is 0.277 e. The maximum absolute atomic E-state index is 14.2. The average molecular weight is 478 g/mol. The van der Waals surface area contributed by atoms with E-state index in [4.69, 9.17) is 16.2 Å². The van der Waals surface area contributed by atoms with E-state index >= 15 is 0 Å². The van der Waals surface area contributed by atoms with Crippen molar-refractivity contribution in [2.75, 3.05) is 36.1 Å². The molecule has 0 saturated carbocycles. The Morgan fingerprint density at radius 2 is 1.97 bits per heavy atom. The predicted octanol–water partition coefficient (Wildman–Crippen LogP) is 2.60. The number of nitrogen functional groups attached to an aromatic ring is 1. The molecule has 1 aromatic carbocycles. The molecule has 0 aliphatic carbocycles. The summed E-state index contributed by atoms with van der Waals surface area (Å²) in [6.07, 6.45) is 2.93. The first-order chi connectivity index (χ1) is 15.8. The van der Waals surface area contributed by atoms with Gasteiger partial charge in [-0.1, -0.05) is 17.4 Å². The summed E-state index contributed by atoms with van der Waals surface area (Å²) in [7, 11) is 3.43. The van der Waals surface area contributed by atoms with E-state index in [9.17, 15) is 13.6 Å². The molecule has 3 heterocycles. The largest absolute Gasteiger partial charge is 0.389 e. The quantitative estimate of drug-likeness (QED) is 0.516. The van der Waals surface area contributed by atoms with Crippen LogP contribution < -0.4 is 21.7 Å². The van der Waals surface area contributed by atoms with Crippen molar-refractivity contribution in [1.82, 2.24) is 14.8 Å². The number of carbonyl (C=O) groups is 1. The normalized spacial score (nSPS) is 18.9. The van der Waals surface area contributed by atoms with E-state index in [1.54, 1.807) is 18.8 Å². The third kappa shape index (κ3) is 4.54. The van der Waals surface area contributed by atoms with Gasteiger partial charge in [0.25, 0.3) is 5.91 Å². The molecule has 1 aliphatic heterocycles. The Morgan fingerprint density at radius 3 is 2.67 bits per heavy atom. The lowest BCUT2D eigenvalue weighted by molar-refractivity contribution is 0.0781. The van der Waals surface area contributed by atoms with Gasteiger partial charge < -0.3 is 26.4 Å². The van der Waals surface area contributed by atoms with Crippen LogP contribution in [0.4, 0.5) is 25.3 Å². The fourth-order valence-corrected chi connectivity index (χ4v) is 4.86. The number of nitrogens with one attached hydrogen (secondary N) is 1. The van der Waals surface area contributed by atoms with Crippen LogP contribution in [-0.2, 0) is 11.8 Å². The number of amides is 1. The molecule has 0 bridgehead atoms. The van der Waals surface area contributed by atoms with Gasteiger partial charge in [-0.2, -0.15) is 5.10 Å². The highest BCUT2D eigenvalue weighted by molar-refractivity contribution is 7.19. The average Bonchev–Trinajstić information content (AvgIpc) is 3.26. The molecule has 9 nitrogen and oxygen atoms in total. The van der Waals surface area contributed by atoms with Gasteiger partial charge in [0.1, 0.15) is 27.3 Å². The number of methoxy groups -OCH3 is 1. The molecule has 2 atom stereocenters. The highest BCUT2D eigenvalue weighted by Gasteiger charge is 2.28. The molecular weight excluding hydrogens is 452 g/mol. The summed E-state index contributed by atoms with van der Waals surface area (Å²) in [5.41, 5.74) is 12.2. The molecule has 1 aliphatic rings. The van der Waals surface area contributed by atoms with Crippen molar-refractivity contribution in [3.8, 4) is 10.6 Å². The number of hydrogen-bond donors (Lipinski definition) is 3. The summed E-state index contributed by atoms with van der Waals surface area (Å²) in [6.45, 7) is 1.34. The number of nitrogens with two attached hydrogens (primary N) is 2. The minimum Gasteiger partial charge on any atom is -0.389 e. The molecule has 4 rings (SSSR count). The molecule has 2 aromatic heterocycles. The second-order valence-electron chi connectivity index (χ2n) is 7.79. The van der Waals surface area contributed by atoms with Gasteiger partial charge in [0, 0.05) is 33.3 Å². The van der Waals surface area contributed by atoms with Crippen molar-refractivity contribution < 1.29 is 18.3 Å². The first-order valence-corrected chi connectivity index (χ1v) is 11.2. The van der Waals surface area contributed by atoms with Gasteiger partial charge in [-0.05, 0) is 25.0 Å². The van der Waals surface area contributed by atoms with Crippen molar-refractivity contribution in [2.24, 2.45) is 12.8 Å². The summed E-state index contributed by atoms with van der Waals surface area (Å²) >= 11 is 0.845. The first-order valence-electron chi connectivity index (χ1n) is 10.4. The van der Waals surface area contributed by atoms with Crippen LogP contribution in [0.2, 0.25) is 0 Å². The number of aromatic nitrogens is 3. The number of nitrogens with zero attached hydrogens (tertiary/aromatic N) is 4. The second kappa shape index (κ2) is 9.41. The Morgan fingerprint density at radius 1 is 1.27 bits per heavy atom. The maximum atomic E-state index is 14.2. The lowest BCUT2D eigenvalue weighted by Gasteiger charge is -2.24. The zero-order chi connectivity index (χ0) is 23.7. The van der Waals surface area contributed by atoms with Crippen molar-refractivity contribution in [3.63, 3.8) is 0 Å². The van der Waals surface area contributed by atoms with Gasteiger partial charge in [0.05, 0.1) is 17.9 Å². The van der Waals surface area contributed by atoms with Crippen molar-refractivity contribution in [3.05, 3.63) is 41.7 Å². The number of anilines is 3. The summed E-state index contributed by atoms with van der Waals surface area (Å²) < 4.78 is 35.5. The molecule has 1 amide bonds. The summed E-state index contributed by atoms with van der Waals surface area (Å²) in [5, 5.41) is 7.11. The van der Waals surface area contributed by atoms with Gasteiger partial charge in [0.15, 0.2) is 11.5 Å². The SMILES string of the molecule is CO[C@@H]1CCN(c2c(NC(=O)c3nc(-c4c(F)cccc4F)sc3N)cnn2C)CC[C@H]1N. The smallest absolute Gasteiger partial charge is 0.277 e. The fourth-order valence-electron chi connectivity index (χ4n) is 3.98. The number of thiazole rings is 1. The predicted molar refractivity (Wildman–Crippen MR) is 123 cm³/mol. The third-order valence-electron chi connectivity index (χ3n) is 5.70. The van der Waals surface area contributed by atoms with Crippen LogP contribution >= 0.6 is 11.3 Å². The Labute approximate surface area is 193 Å². The van der Waals surface area contributed by atoms with Gasteiger partial charge in [-0.25, -0.2) is 13.8 Å². The molecule has 3 aromatic rings. The molecule has 176 valence electrons. The number of ether oxygens (including phenoxy) is 1. The van der Waals surface area contributed by atoms with E-state index in [2.05, 4.69) is 20.3 Å². The zero-order valence-corrected chi connectivity index (χ0v) is 19.0.